The molecular formula is C24H12BiInO12. The van der Waals surface area contributed by atoms with Gasteiger partial charge in [0.2, 0.25) is 0 Å². The zero-order valence-electron chi connectivity index (χ0n) is 18.9. The van der Waals surface area contributed by atoms with Gasteiger partial charge < -0.3 is 59.4 Å². The number of carboxylic acids is 6. The van der Waals surface area contributed by atoms with E-state index in [1.807, 2.05) is 0 Å². The maximum atomic E-state index is 10.3. The Morgan fingerprint density at radius 2 is 0.447 bits per heavy atom. The van der Waals surface area contributed by atoms with Crippen LogP contribution >= 0.6 is 0 Å². The molecule has 3 rings (SSSR count). The number of carbonyl (C=O) groups excluding carboxylic acids is 6. The van der Waals surface area contributed by atoms with Crippen LogP contribution in [-0.2, 0) is 0 Å². The van der Waals surface area contributed by atoms with Crippen LogP contribution in [0, 0.1) is 0 Å². The van der Waals surface area contributed by atoms with E-state index in [9.17, 15) is 59.4 Å². The van der Waals surface area contributed by atoms with Gasteiger partial charge in [0.1, 0.15) is 0 Å². The molecule has 0 heterocycles. The Bertz CT molecular complexity index is 1060. The van der Waals surface area contributed by atoms with Gasteiger partial charge >= 0.3 is 52.0 Å². The minimum Gasteiger partial charge on any atom is -0.545 e. The monoisotopic (exact) mass is 816 g/mol. The fourth-order valence-electron chi connectivity index (χ4n) is 2.52. The fraction of sp³-hybridized carbons (Fsp3) is 0. The van der Waals surface area contributed by atoms with Crippen LogP contribution in [0.3, 0.4) is 0 Å². The van der Waals surface area contributed by atoms with E-state index in [1.165, 1.54) is 36.4 Å². The van der Waals surface area contributed by atoms with Crippen molar-refractivity contribution in [2.75, 3.05) is 0 Å². The van der Waals surface area contributed by atoms with Crippen molar-refractivity contribution in [1.29, 1.82) is 0 Å². The molecule has 14 heteroatoms. The third-order valence-electron chi connectivity index (χ3n) is 4.10. The van der Waals surface area contributed by atoms with E-state index in [0.717, 1.165) is 36.4 Å². The van der Waals surface area contributed by atoms with Gasteiger partial charge in [-0.2, -0.15) is 0 Å². The number of rotatable bonds is 6. The minimum absolute atomic E-state index is 0. The van der Waals surface area contributed by atoms with Crippen molar-refractivity contribution >= 4 is 87.9 Å². The summed E-state index contributed by atoms with van der Waals surface area (Å²) in [4.78, 5) is 61.9. The van der Waals surface area contributed by atoms with E-state index in [0.29, 0.717) is 0 Å². The van der Waals surface area contributed by atoms with Crippen molar-refractivity contribution in [2.45, 2.75) is 0 Å². The van der Waals surface area contributed by atoms with Gasteiger partial charge in [-0.3, -0.25) is 0 Å². The smallest absolute Gasteiger partial charge is 0.545 e. The van der Waals surface area contributed by atoms with Crippen molar-refractivity contribution in [3.05, 3.63) is 106 Å². The first-order valence-electron chi connectivity index (χ1n) is 9.43. The summed E-state index contributed by atoms with van der Waals surface area (Å²) in [6.45, 7) is 0. The Kier molecular flexibility index (Phi) is 16.9. The molecule has 0 aliphatic carbocycles. The van der Waals surface area contributed by atoms with Crippen molar-refractivity contribution in [3.8, 4) is 0 Å². The van der Waals surface area contributed by atoms with Crippen LogP contribution < -0.4 is 30.6 Å². The zero-order chi connectivity index (χ0) is 27.4. The standard InChI is InChI=1S/3C8H6O4.Bi.In/c3*9-7(10)5-3-1-2-4-6(5)8(11)12;;/h3*1-4H,(H,9,10)(H,11,12);;/q;;;2*+3/p-6. The number of hydrogen-bond acceptors (Lipinski definition) is 12. The Labute approximate surface area is 252 Å². The van der Waals surface area contributed by atoms with Crippen LogP contribution in [0.4, 0.5) is 0 Å². The Morgan fingerprint density at radius 1 is 0.342 bits per heavy atom. The van der Waals surface area contributed by atoms with Crippen molar-refractivity contribution < 1.29 is 59.4 Å². The van der Waals surface area contributed by atoms with Crippen LogP contribution in [-0.4, -0.2) is 87.9 Å². The quantitative estimate of drug-likeness (QED) is 0.212. The second-order valence-electron chi connectivity index (χ2n) is 6.36. The summed E-state index contributed by atoms with van der Waals surface area (Å²) in [7, 11) is 0. The van der Waals surface area contributed by atoms with E-state index in [1.54, 1.807) is 0 Å². The fourth-order valence-corrected chi connectivity index (χ4v) is 2.52. The molecule has 188 valence electrons. The SMILES string of the molecule is O=C([O-])c1ccccc1C(=O)[O-].O=C([O-])c1ccccc1C(=O)[O-].O=C([O-])c1ccccc1C(=O)[O-].[Bi+3].[In+3]. The second-order valence-corrected chi connectivity index (χ2v) is 6.36. The molecule has 0 N–H and O–H groups in total. The number of carbonyl (C=O) groups is 6. The average molecular weight is 816 g/mol. The molecule has 0 aliphatic rings. The Morgan fingerprint density at radius 3 is 0.526 bits per heavy atom. The summed E-state index contributed by atoms with van der Waals surface area (Å²) in [5, 5.41) is 61.9. The molecule has 3 aromatic rings. The van der Waals surface area contributed by atoms with E-state index < -0.39 is 35.8 Å². The maximum Gasteiger partial charge on any atom is 3.00 e. The Hall–Kier alpha value is -3.77. The molecule has 38 heavy (non-hydrogen) atoms. The molecule has 2 radical (unpaired) electrons. The van der Waals surface area contributed by atoms with Gasteiger partial charge in [-0.15, -0.1) is 0 Å². The zero-order valence-corrected chi connectivity index (χ0v) is 25.6. The molecule has 0 amide bonds. The van der Waals surface area contributed by atoms with Crippen molar-refractivity contribution in [2.24, 2.45) is 0 Å². The minimum atomic E-state index is -1.52. The molecule has 0 saturated heterocycles. The maximum absolute atomic E-state index is 10.3. The summed E-state index contributed by atoms with van der Waals surface area (Å²) in [5.74, 6) is -9.11. The van der Waals surface area contributed by atoms with Crippen molar-refractivity contribution in [3.63, 3.8) is 0 Å². The first-order valence-corrected chi connectivity index (χ1v) is 9.43. The van der Waals surface area contributed by atoms with E-state index in [2.05, 4.69) is 0 Å². The van der Waals surface area contributed by atoms with E-state index in [4.69, 9.17) is 0 Å². The van der Waals surface area contributed by atoms with Gasteiger partial charge in [-0.25, -0.2) is 0 Å². The number of benzene rings is 3. The van der Waals surface area contributed by atoms with Gasteiger partial charge in [0.25, 0.3) is 0 Å². The van der Waals surface area contributed by atoms with Gasteiger partial charge in [-0.1, -0.05) is 72.8 Å². The molecule has 3 aromatic carbocycles. The predicted octanol–water partition coefficient (Wildman–Crippen LogP) is -5.52. The Balaban J connectivity index is 0. The number of carboxylic acid groups (broad SMARTS) is 6. The van der Waals surface area contributed by atoms with Gasteiger partial charge in [0, 0.05) is 33.4 Å². The average Bonchev–Trinajstić information content (AvgIpc) is 2.84. The van der Waals surface area contributed by atoms with E-state index in [-0.39, 0.29) is 85.4 Å². The van der Waals surface area contributed by atoms with E-state index >= 15 is 0 Å². The predicted molar refractivity (Wildman–Crippen MR) is 117 cm³/mol. The molecule has 0 bridgehead atoms. The molecule has 0 aromatic heterocycles. The molecule has 0 spiro atoms. The van der Waals surface area contributed by atoms with Gasteiger partial charge in [0.15, 0.2) is 0 Å². The molecule has 0 atom stereocenters. The van der Waals surface area contributed by atoms with Crippen LogP contribution in [0.15, 0.2) is 72.8 Å². The number of hydrogen-bond donors (Lipinski definition) is 0. The summed E-state index contributed by atoms with van der Waals surface area (Å²) < 4.78 is 0. The third kappa shape index (κ3) is 11.1. The summed E-state index contributed by atoms with van der Waals surface area (Å²) in [5.41, 5.74) is -2.18. The molecule has 12 nitrogen and oxygen atoms in total. The second kappa shape index (κ2) is 17.6. The topological polar surface area (TPSA) is 241 Å². The molecule has 0 saturated carbocycles. The largest absolute Gasteiger partial charge is 3.00 e. The molecule has 0 unspecified atom stereocenters. The molecule has 0 aliphatic heterocycles. The normalized spacial score (nSPS) is 8.84. The van der Waals surface area contributed by atoms with Gasteiger partial charge in [-0.05, 0) is 0 Å². The summed E-state index contributed by atoms with van der Waals surface area (Å²) in [6.07, 6.45) is 0. The van der Waals surface area contributed by atoms with Crippen LogP contribution in [0.25, 0.3) is 0 Å². The summed E-state index contributed by atoms with van der Waals surface area (Å²) >= 11 is 0. The summed E-state index contributed by atoms with van der Waals surface area (Å²) in [6, 6.07) is 15.4. The molecule has 0 fully saturated rings. The van der Waals surface area contributed by atoms with Gasteiger partial charge in [0.05, 0.1) is 35.8 Å². The first-order chi connectivity index (χ1) is 16.9. The van der Waals surface area contributed by atoms with Crippen molar-refractivity contribution in [1.82, 2.24) is 0 Å². The number of aromatic carboxylic acids is 6. The van der Waals surface area contributed by atoms with Crippen LogP contribution in [0.1, 0.15) is 62.1 Å². The molecular weight excluding hydrogens is 804 g/mol. The van der Waals surface area contributed by atoms with Crippen LogP contribution in [0.5, 0.6) is 0 Å². The third-order valence-corrected chi connectivity index (χ3v) is 4.10. The van der Waals surface area contributed by atoms with Crippen LogP contribution in [0.2, 0.25) is 0 Å². The first kappa shape index (κ1) is 36.4.